The molecule has 1 aromatic carbocycles. The largest absolute Gasteiger partial charge is 0.378 e. The maximum atomic E-state index is 11.0. The van der Waals surface area contributed by atoms with Gasteiger partial charge in [-0.05, 0) is 24.3 Å². The molecule has 15 heavy (non-hydrogen) atoms. The van der Waals surface area contributed by atoms with E-state index in [-0.39, 0.29) is 18.9 Å². The van der Waals surface area contributed by atoms with Gasteiger partial charge in [0.05, 0.1) is 13.1 Å². The second kappa shape index (κ2) is 4.14. The van der Waals surface area contributed by atoms with Crippen LogP contribution in [0.25, 0.3) is 10.9 Å². The quantitative estimate of drug-likeness (QED) is 0.697. The van der Waals surface area contributed by atoms with E-state index in [9.17, 15) is 4.79 Å². The molecule has 0 bridgehead atoms. The van der Waals surface area contributed by atoms with Gasteiger partial charge in [-0.3, -0.25) is 4.79 Å². The zero-order chi connectivity index (χ0) is 10.7. The molecule has 2 rings (SSSR count). The summed E-state index contributed by atoms with van der Waals surface area (Å²) in [5.74, 6) is 0.00386. The first-order chi connectivity index (χ1) is 7.29. The molecule has 0 aliphatic carbocycles. The molecule has 1 heterocycles. The monoisotopic (exact) mass is 203 g/mol. The number of aromatic nitrogens is 1. The first kappa shape index (κ1) is 9.73. The van der Waals surface area contributed by atoms with E-state index in [4.69, 9.17) is 5.73 Å². The lowest BCUT2D eigenvalue weighted by molar-refractivity contribution is -0.116. The minimum atomic E-state index is 0.00386. The zero-order valence-corrected chi connectivity index (χ0v) is 8.29. The van der Waals surface area contributed by atoms with Crippen LogP contribution in [0.5, 0.6) is 0 Å². The van der Waals surface area contributed by atoms with Crippen LogP contribution in [0, 0.1) is 0 Å². The summed E-state index contributed by atoms with van der Waals surface area (Å²) in [6.45, 7) is 0.367. The summed E-state index contributed by atoms with van der Waals surface area (Å²) in [6, 6.07) is 7.90. The number of anilines is 1. The molecule has 0 fully saturated rings. The number of hydrogen-bond donors (Lipinski definition) is 3. The van der Waals surface area contributed by atoms with Crippen LogP contribution in [0.4, 0.5) is 5.69 Å². The number of ketones is 1. The minimum Gasteiger partial charge on any atom is -0.378 e. The molecule has 0 unspecified atom stereocenters. The van der Waals surface area contributed by atoms with Crippen LogP contribution in [0.2, 0.25) is 0 Å². The smallest absolute Gasteiger partial charge is 0.165 e. The molecule has 0 aliphatic rings. The van der Waals surface area contributed by atoms with Crippen LogP contribution in [0.15, 0.2) is 30.5 Å². The van der Waals surface area contributed by atoms with Crippen molar-refractivity contribution in [1.82, 2.24) is 4.98 Å². The standard InChI is InChI=1S/C11H13N3O/c12-6-10(15)7-14-9-1-2-11-8(5-9)3-4-13-11/h1-5,13-14H,6-7,12H2. The van der Waals surface area contributed by atoms with Gasteiger partial charge in [0.1, 0.15) is 0 Å². The molecular weight excluding hydrogens is 190 g/mol. The fraction of sp³-hybridized carbons (Fsp3) is 0.182. The molecule has 0 saturated heterocycles. The number of nitrogens with two attached hydrogens (primary N) is 1. The van der Waals surface area contributed by atoms with Crippen LogP contribution >= 0.6 is 0 Å². The summed E-state index contributed by atoms with van der Waals surface area (Å²) in [5, 5.41) is 4.16. The summed E-state index contributed by atoms with van der Waals surface area (Å²) in [4.78, 5) is 14.1. The van der Waals surface area contributed by atoms with Gasteiger partial charge in [-0.25, -0.2) is 0 Å². The van der Waals surface area contributed by atoms with Crippen molar-refractivity contribution in [2.24, 2.45) is 5.73 Å². The van der Waals surface area contributed by atoms with Crippen molar-refractivity contribution in [3.63, 3.8) is 0 Å². The van der Waals surface area contributed by atoms with Gasteiger partial charge < -0.3 is 16.0 Å². The SMILES string of the molecule is NCC(=O)CNc1ccc2[nH]ccc2c1. The Balaban J connectivity index is 2.11. The van der Waals surface area contributed by atoms with Gasteiger partial charge in [0, 0.05) is 22.8 Å². The topological polar surface area (TPSA) is 70.9 Å². The maximum absolute atomic E-state index is 11.0. The molecule has 78 valence electrons. The number of nitrogens with one attached hydrogen (secondary N) is 2. The molecule has 2 aromatic rings. The Bertz CT molecular complexity index is 475. The van der Waals surface area contributed by atoms with Gasteiger partial charge in [0.2, 0.25) is 0 Å². The van der Waals surface area contributed by atoms with Gasteiger partial charge in [0.15, 0.2) is 5.78 Å². The van der Waals surface area contributed by atoms with Gasteiger partial charge >= 0.3 is 0 Å². The lowest BCUT2D eigenvalue weighted by Gasteiger charge is -2.04. The van der Waals surface area contributed by atoms with Crippen molar-refractivity contribution < 1.29 is 4.79 Å². The predicted octanol–water partition coefficient (Wildman–Crippen LogP) is 1.11. The number of carbonyl (C=O) groups excluding carboxylic acids is 1. The van der Waals surface area contributed by atoms with Crippen LogP contribution in [-0.4, -0.2) is 23.9 Å². The molecule has 4 N–H and O–H groups in total. The van der Waals surface area contributed by atoms with Crippen molar-refractivity contribution in [2.75, 3.05) is 18.4 Å². The maximum Gasteiger partial charge on any atom is 0.165 e. The lowest BCUT2D eigenvalue weighted by Crippen LogP contribution is -2.22. The summed E-state index contributed by atoms with van der Waals surface area (Å²) < 4.78 is 0. The summed E-state index contributed by atoms with van der Waals surface area (Å²) in [6.07, 6.45) is 1.89. The summed E-state index contributed by atoms with van der Waals surface area (Å²) in [7, 11) is 0. The second-order valence-electron chi connectivity index (χ2n) is 3.38. The Kier molecular flexibility index (Phi) is 2.69. The van der Waals surface area contributed by atoms with Crippen LogP contribution in [0.1, 0.15) is 0 Å². The number of hydrogen-bond acceptors (Lipinski definition) is 3. The fourth-order valence-corrected chi connectivity index (χ4v) is 1.44. The highest BCUT2D eigenvalue weighted by Gasteiger charge is 1.99. The van der Waals surface area contributed by atoms with Crippen molar-refractivity contribution >= 4 is 22.4 Å². The molecule has 4 heteroatoms. The Morgan fingerprint density at radius 3 is 3.07 bits per heavy atom. The van der Waals surface area contributed by atoms with Crippen molar-refractivity contribution in [1.29, 1.82) is 0 Å². The molecule has 0 amide bonds. The Morgan fingerprint density at radius 2 is 2.27 bits per heavy atom. The van der Waals surface area contributed by atoms with E-state index in [1.165, 1.54) is 0 Å². The Morgan fingerprint density at radius 1 is 1.40 bits per heavy atom. The van der Waals surface area contributed by atoms with E-state index < -0.39 is 0 Å². The number of Topliss-reactive ketones (excluding diaryl/α,β-unsaturated/α-hetero) is 1. The summed E-state index contributed by atoms with van der Waals surface area (Å²) >= 11 is 0. The highest BCUT2D eigenvalue weighted by molar-refractivity contribution is 5.86. The van der Waals surface area contributed by atoms with E-state index >= 15 is 0 Å². The van der Waals surface area contributed by atoms with Gasteiger partial charge in [-0.1, -0.05) is 0 Å². The molecular formula is C11H13N3O. The highest BCUT2D eigenvalue weighted by atomic mass is 16.1. The third kappa shape index (κ3) is 2.16. The normalized spacial score (nSPS) is 10.5. The molecule has 0 atom stereocenters. The predicted molar refractivity (Wildman–Crippen MR) is 60.8 cm³/mol. The number of fused-ring (bicyclic) bond motifs is 1. The Labute approximate surface area is 87.5 Å². The van der Waals surface area contributed by atoms with Crippen molar-refractivity contribution in [2.45, 2.75) is 0 Å². The average molecular weight is 203 g/mol. The fourth-order valence-electron chi connectivity index (χ4n) is 1.44. The lowest BCUT2D eigenvalue weighted by atomic mass is 10.2. The van der Waals surface area contributed by atoms with Crippen molar-refractivity contribution in [3.8, 4) is 0 Å². The zero-order valence-electron chi connectivity index (χ0n) is 8.29. The number of H-pyrrole nitrogens is 1. The molecule has 1 aromatic heterocycles. The molecule has 0 aliphatic heterocycles. The number of benzene rings is 1. The van der Waals surface area contributed by atoms with Crippen LogP contribution in [0.3, 0.4) is 0 Å². The minimum absolute atomic E-state index is 0.00386. The first-order valence-electron chi connectivity index (χ1n) is 4.82. The molecule has 0 radical (unpaired) electrons. The van der Waals surface area contributed by atoms with Gasteiger partial charge in [-0.15, -0.1) is 0 Å². The van der Waals surface area contributed by atoms with Gasteiger partial charge in [0.25, 0.3) is 0 Å². The third-order valence-electron chi connectivity index (χ3n) is 2.27. The summed E-state index contributed by atoms with van der Waals surface area (Å²) in [5.41, 5.74) is 7.24. The van der Waals surface area contributed by atoms with Crippen LogP contribution < -0.4 is 11.1 Å². The number of carbonyl (C=O) groups is 1. The van der Waals surface area contributed by atoms with E-state index in [0.717, 1.165) is 16.6 Å². The second-order valence-corrected chi connectivity index (χ2v) is 3.38. The van der Waals surface area contributed by atoms with E-state index in [2.05, 4.69) is 10.3 Å². The first-order valence-corrected chi connectivity index (χ1v) is 4.82. The molecule has 4 nitrogen and oxygen atoms in total. The van der Waals surface area contributed by atoms with Gasteiger partial charge in [-0.2, -0.15) is 0 Å². The Hall–Kier alpha value is -1.81. The number of rotatable bonds is 4. The number of aromatic amines is 1. The third-order valence-corrected chi connectivity index (χ3v) is 2.27. The highest BCUT2D eigenvalue weighted by Crippen LogP contribution is 2.17. The average Bonchev–Trinajstić information content (AvgIpc) is 2.72. The van der Waals surface area contributed by atoms with E-state index in [1.807, 2.05) is 30.5 Å². The molecule has 0 spiro atoms. The van der Waals surface area contributed by atoms with E-state index in [1.54, 1.807) is 0 Å². The van der Waals surface area contributed by atoms with Crippen LogP contribution in [-0.2, 0) is 4.79 Å². The van der Waals surface area contributed by atoms with E-state index in [0.29, 0.717) is 0 Å². The molecule has 0 saturated carbocycles. The van der Waals surface area contributed by atoms with Crippen molar-refractivity contribution in [3.05, 3.63) is 30.5 Å².